The van der Waals surface area contributed by atoms with E-state index in [2.05, 4.69) is 224 Å². The number of anilines is 3. The van der Waals surface area contributed by atoms with E-state index in [4.69, 9.17) is 0 Å². The molecule has 11 rings (SSSR count). The van der Waals surface area contributed by atoms with E-state index in [9.17, 15) is 0 Å². The van der Waals surface area contributed by atoms with Crippen molar-refractivity contribution >= 4 is 76.0 Å². The number of fused-ring (bicyclic) bond motifs is 10. The SMILES string of the molecule is C=C/C=C(\C=C/C)c1ccc(N(c2ccc3c(c2)C(c2ccccc2)(c2ccccc2)c2ccccc2-3)c2ccc3c(c2)[nH]c2c3ccc3c4ccccc4sc32)cc1. The molecule has 2 nitrogen and oxygen atoms in total. The number of allylic oxidation sites excluding steroid dienone is 5. The van der Waals surface area contributed by atoms with Crippen molar-refractivity contribution in [2.45, 2.75) is 12.3 Å². The van der Waals surface area contributed by atoms with E-state index in [1.165, 1.54) is 69.8 Å². The molecule has 0 bridgehead atoms. The molecule has 0 unspecified atom stereocenters. The van der Waals surface area contributed by atoms with Gasteiger partial charge in [0.15, 0.2) is 0 Å². The fraction of sp³-hybridized carbons (Fsp3) is 0.0357. The first-order valence-corrected chi connectivity index (χ1v) is 21.1. The highest BCUT2D eigenvalue weighted by atomic mass is 32.1. The Morgan fingerprint density at radius 3 is 1.97 bits per heavy atom. The average Bonchev–Trinajstić information content (AvgIpc) is 3.95. The van der Waals surface area contributed by atoms with Crippen LogP contribution in [0.2, 0.25) is 0 Å². The predicted molar refractivity (Wildman–Crippen MR) is 254 cm³/mol. The first kappa shape index (κ1) is 35.0. The van der Waals surface area contributed by atoms with E-state index in [1.807, 2.05) is 17.4 Å². The second-order valence-electron chi connectivity index (χ2n) is 15.3. The molecule has 0 aliphatic heterocycles. The highest BCUT2D eigenvalue weighted by Gasteiger charge is 2.46. The van der Waals surface area contributed by atoms with Gasteiger partial charge >= 0.3 is 0 Å². The van der Waals surface area contributed by atoms with Crippen LogP contribution in [-0.2, 0) is 5.41 Å². The lowest BCUT2D eigenvalue weighted by Crippen LogP contribution is -2.28. The van der Waals surface area contributed by atoms with Gasteiger partial charge in [-0.15, -0.1) is 11.3 Å². The van der Waals surface area contributed by atoms with Crippen LogP contribution >= 0.6 is 11.3 Å². The van der Waals surface area contributed by atoms with Gasteiger partial charge in [-0.2, -0.15) is 0 Å². The van der Waals surface area contributed by atoms with Gasteiger partial charge in [0, 0.05) is 48.8 Å². The Bertz CT molecular complexity index is 3250. The number of aromatic nitrogens is 1. The minimum absolute atomic E-state index is 0.506. The molecule has 0 spiro atoms. The zero-order valence-electron chi connectivity index (χ0n) is 32.7. The van der Waals surface area contributed by atoms with Crippen molar-refractivity contribution in [1.82, 2.24) is 4.98 Å². The smallest absolute Gasteiger partial charge is 0.0714 e. The van der Waals surface area contributed by atoms with Crippen molar-refractivity contribution in [2.24, 2.45) is 0 Å². The van der Waals surface area contributed by atoms with Crippen LogP contribution in [0.5, 0.6) is 0 Å². The number of nitrogens with one attached hydrogen (secondary N) is 1. The number of hydrogen-bond donors (Lipinski definition) is 1. The molecule has 3 heteroatoms. The monoisotopic (exact) mass is 772 g/mol. The normalized spacial score (nSPS) is 13.4. The van der Waals surface area contributed by atoms with Gasteiger partial charge in [-0.3, -0.25) is 0 Å². The quantitative estimate of drug-likeness (QED) is 0.152. The summed E-state index contributed by atoms with van der Waals surface area (Å²) in [4.78, 5) is 6.32. The van der Waals surface area contributed by atoms with Crippen molar-refractivity contribution in [3.63, 3.8) is 0 Å². The summed E-state index contributed by atoms with van der Waals surface area (Å²) in [5, 5.41) is 5.08. The molecule has 0 saturated heterocycles. The summed E-state index contributed by atoms with van der Waals surface area (Å²) in [6.45, 7) is 6.03. The van der Waals surface area contributed by atoms with Gasteiger partial charge in [-0.1, -0.05) is 170 Å². The number of hydrogen-bond acceptors (Lipinski definition) is 2. The van der Waals surface area contributed by atoms with Gasteiger partial charge < -0.3 is 9.88 Å². The highest BCUT2D eigenvalue weighted by molar-refractivity contribution is 7.26. The molecule has 10 aromatic rings. The van der Waals surface area contributed by atoms with Gasteiger partial charge in [0.1, 0.15) is 0 Å². The molecule has 0 fully saturated rings. The largest absolute Gasteiger partial charge is 0.353 e. The van der Waals surface area contributed by atoms with Crippen LogP contribution in [0, 0.1) is 0 Å². The van der Waals surface area contributed by atoms with Crippen LogP contribution in [0.1, 0.15) is 34.7 Å². The molecule has 59 heavy (non-hydrogen) atoms. The van der Waals surface area contributed by atoms with Crippen LogP contribution in [0.3, 0.4) is 0 Å². The standard InChI is InChI=1S/C56H40N2S/c1-3-15-37(16-4-2)38-25-27-41(28-26-38)58(43-30-32-46-48-33-34-49-47-22-12-14-24-53(47)59-55(49)54(48)57-52(46)36-43)42-29-31-45-44-21-11-13-23-50(44)56(51(45)35-42,39-17-7-5-8-18-39)40-19-9-6-10-20-40/h3-36,57H,1H2,2H3/b16-4-,37-15+. The molecule has 0 amide bonds. The van der Waals surface area contributed by atoms with Crippen molar-refractivity contribution in [3.05, 3.63) is 241 Å². The topological polar surface area (TPSA) is 19.0 Å². The van der Waals surface area contributed by atoms with Crippen LogP contribution in [0.25, 0.3) is 58.7 Å². The Labute approximate surface area is 348 Å². The zero-order valence-corrected chi connectivity index (χ0v) is 33.5. The maximum absolute atomic E-state index is 3.98. The fourth-order valence-corrected chi connectivity index (χ4v) is 10.9. The maximum Gasteiger partial charge on any atom is 0.0714 e. The Balaban J connectivity index is 1.15. The third-order valence-electron chi connectivity index (χ3n) is 12.2. The second kappa shape index (κ2) is 14.0. The summed E-state index contributed by atoms with van der Waals surface area (Å²) >= 11 is 1.87. The Morgan fingerprint density at radius 1 is 0.576 bits per heavy atom. The highest BCUT2D eigenvalue weighted by Crippen LogP contribution is 2.57. The van der Waals surface area contributed by atoms with Crippen molar-refractivity contribution in [3.8, 4) is 11.1 Å². The lowest BCUT2D eigenvalue weighted by Gasteiger charge is -2.35. The lowest BCUT2D eigenvalue weighted by atomic mass is 9.67. The molecule has 2 heterocycles. The molecule has 0 radical (unpaired) electrons. The summed E-state index contributed by atoms with van der Waals surface area (Å²) in [5.41, 5.74) is 14.9. The van der Waals surface area contributed by atoms with Gasteiger partial charge in [-0.25, -0.2) is 0 Å². The molecule has 1 aliphatic carbocycles. The molecular weight excluding hydrogens is 733 g/mol. The number of nitrogens with zero attached hydrogens (tertiary/aromatic N) is 1. The summed E-state index contributed by atoms with van der Waals surface area (Å²) in [5.74, 6) is 0. The van der Waals surface area contributed by atoms with Gasteiger partial charge in [0.2, 0.25) is 0 Å². The maximum atomic E-state index is 3.98. The third kappa shape index (κ3) is 5.39. The number of aromatic amines is 1. The lowest BCUT2D eigenvalue weighted by molar-refractivity contribution is 0.768. The molecule has 1 aliphatic rings. The van der Waals surface area contributed by atoms with Crippen LogP contribution in [0.4, 0.5) is 17.1 Å². The Hall–Kier alpha value is -7.20. The van der Waals surface area contributed by atoms with Gasteiger partial charge in [0.05, 0.1) is 15.6 Å². The van der Waals surface area contributed by atoms with E-state index in [0.717, 1.165) is 33.7 Å². The van der Waals surface area contributed by atoms with E-state index in [1.54, 1.807) is 0 Å². The molecule has 2 aromatic heterocycles. The van der Waals surface area contributed by atoms with Crippen LogP contribution in [-0.4, -0.2) is 4.98 Å². The number of thiophene rings is 1. The van der Waals surface area contributed by atoms with Gasteiger partial charge in [-0.05, 0) is 93.9 Å². The van der Waals surface area contributed by atoms with Gasteiger partial charge in [0.25, 0.3) is 0 Å². The van der Waals surface area contributed by atoms with E-state index < -0.39 is 5.41 Å². The molecule has 280 valence electrons. The molecule has 0 atom stereocenters. The average molecular weight is 773 g/mol. The summed E-state index contributed by atoms with van der Waals surface area (Å²) in [7, 11) is 0. The molecule has 0 saturated carbocycles. The fourth-order valence-electron chi connectivity index (χ4n) is 9.66. The van der Waals surface area contributed by atoms with Crippen molar-refractivity contribution in [2.75, 3.05) is 4.90 Å². The molecular formula is C56H40N2S. The molecule has 8 aromatic carbocycles. The number of benzene rings is 8. The predicted octanol–water partition coefficient (Wildman–Crippen LogP) is 15.7. The van der Waals surface area contributed by atoms with Crippen molar-refractivity contribution in [1.29, 1.82) is 0 Å². The first-order valence-electron chi connectivity index (χ1n) is 20.2. The second-order valence-corrected chi connectivity index (χ2v) is 16.4. The van der Waals surface area contributed by atoms with Crippen molar-refractivity contribution < 1.29 is 0 Å². The Morgan fingerprint density at radius 2 is 1.20 bits per heavy atom. The summed E-state index contributed by atoms with van der Waals surface area (Å²) in [6, 6.07) is 67.3. The zero-order chi connectivity index (χ0) is 39.5. The summed E-state index contributed by atoms with van der Waals surface area (Å²) in [6.07, 6.45) is 8.13. The third-order valence-corrected chi connectivity index (χ3v) is 13.4. The molecule has 1 N–H and O–H groups in total. The van der Waals surface area contributed by atoms with E-state index in [-0.39, 0.29) is 0 Å². The Kier molecular flexibility index (Phi) is 8.32. The first-order chi connectivity index (χ1) is 29.2. The van der Waals surface area contributed by atoms with E-state index >= 15 is 0 Å². The van der Waals surface area contributed by atoms with Crippen LogP contribution in [0.15, 0.2) is 213 Å². The van der Waals surface area contributed by atoms with E-state index in [0.29, 0.717) is 0 Å². The minimum Gasteiger partial charge on any atom is -0.353 e. The number of rotatable bonds is 8. The summed E-state index contributed by atoms with van der Waals surface area (Å²) < 4.78 is 2.61. The minimum atomic E-state index is -0.506. The number of H-pyrrole nitrogens is 1. The van der Waals surface area contributed by atoms with Crippen LogP contribution < -0.4 is 4.90 Å².